The van der Waals surface area contributed by atoms with Gasteiger partial charge in [-0.15, -0.1) is 0 Å². The molecule has 1 saturated heterocycles. The molecule has 3 rings (SSSR count). The first kappa shape index (κ1) is 19.5. The van der Waals surface area contributed by atoms with Crippen LogP contribution in [-0.4, -0.2) is 33.2 Å². The number of ether oxygens (including phenoxy) is 2. The van der Waals surface area contributed by atoms with Gasteiger partial charge in [-0.1, -0.05) is 17.7 Å². The molecule has 1 heterocycles. The minimum absolute atomic E-state index is 0.00487. The summed E-state index contributed by atoms with van der Waals surface area (Å²) in [5, 5.41) is 3.62. The van der Waals surface area contributed by atoms with Crippen molar-refractivity contribution in [1.82, 2.24) is 0 Å². The van der Waals surface area contributed by atoms with Crippen LogP contribution in [0.5, 0.6) is 11.5 Å². The summed E-state index contributed by atoms with van der Waals surface area (Å²) in [4.78, 5) is 13.9. The van der Waals surface area contributed by atoms with Crippen molar-refractivity contribution in [2.45, 2.75) is 25.8 Å². The molecule has 1 unspecified atom stereocenters. The third-order valence-electron chi connectivity index (χ3n) is 5.16. The number of quaternary nitrogens is 1. The molecule has 144 valence electrons. The Kier molecular flexibility index (Phi) is 6.24. The third-order valence-corrected chi connectivity index (χ3v) is 5.40. The van der Waals surface area contributed by atoms with Crippen LogP contribution in [0.4, 0.5) is 5.69 Å². The Bertz CT molecular complexity index is 825. The van der Waals surface area contributed by atoms with Gasteiger partial charge in [0.05, 0.1) is 26.3 Å². The number of anilines is 1. The molecule has 6 heteroatoms. The van der Waals surface area contributed by atoms with Crippen LogP contribution in [0.3, 0.4) is 0 Å². The maximum absolute atomic E-state index is 12.6. The van der Waals surface area contributed by atoms with Gasteiger partial charge < -0.3 is 19.7 Å². The van der Waals surface area contributed by atoms with E-state index in [-0.39, 0.29) is 11.9 Å². The number of nitrogens with one attached hydrogen (secondary N) is 2. The normalized spacial score (nSPS) is 19.0. The van der Waals surface area contributed by atoms with E-state index in [9.17, 15) is 4.79 Å². The predicted octanol–water partition coefficient (Wildman–Crippen LogP) is 3.02. The Morgan fingerprint density at radius 2 is 2.04 bits per heavy atom. The van der Waals surface area contributed by atoms with Gasteiger partial charge >= 0.3 is 0 Å². The molecule has 1 amide bonds. The van der Waals surface area contributed by atoms with Gasteiger partial charge in [-0.25, -0.2) is 0 Å². The van der Waals surface area contributed by atoms with E-state index in [1.54, 1.807) is 20.3 Å². The summed E-state index contributed by atoms with van der Waals surface area (Å²) in [6, 6.07) is 11.7. The second kappa shape index (κ2) is 8.63. The summed E-state index contributed by atoms with van der Waals surface area (Å²) in [6.45, 7) is 3.33. The van der Waals surface area contributed by atoms with Crippen molar-refractivity contribution in [3.05, 3.63) is 52.5 Å². The van der Waals surface area contributed by atoms with Crippen LogP contribution in [-0.2, 0) is 4.79 Å². The second-order valence-corrected chi connectivity index (χ2v) is 7.33. The molecule has 1 fully saturated rings. The molecule has 0 aliphatic carbocycles. The number of hydrogen-bond acceptors (Lipinski definition) is 3. The summed E-state index contributed by atoms with van der Waals surface area (Å²) < 4.78 is 10.9. The van der Waals surface area contributed by atoms with E-state index >= 15 is 0 Å². The lowest BCUT2D eigenvalue weighted by atomic mass is 10.0. The van der Waals surface area contributed by atoms with E-state index in [2.05, 4.69) is 5.32 Å². The van der Waals surface area contributed by atoms with E-state index in [0.717, 1.165) is 47.7 Å². The second-order valence-electron chi connectivity index (χ2n) is 6.90. The van der Waals surface area contributed by atoms with E-state index in [4.69, 9.17) is 21.1 Å². The Hall–Kier alpha value is -2.24. The third kappa shape index (κ3) is 4.54. The maximum atomic E-state index is 12.6. The fourth-order valence-electron chi connectivity index (χ4n) is 3.73. The lowest BCUT2D eigenvalue weighted by Crippen LogP contribution is -3.11. The van der Waals surface area contributed by atoms with Gasteiger partial charge in [0.25, 0.3) is 5.91 Å². The van der Waals surface area contributed by atoms with Crippen molar-refractivity contribution in [3.63, 3.8) is 0 Å². The Balaban J connectivity index is 1.73. The van der Waals surface area contributed by atoms with Crippen LogP contribution < -0.4 is 19.7 Å². The lowest BCUT2D eigenvalue weighted by Gasteiger charge is -2.23. The molecule has 2 aromatic rings. The van der Waals surface area contributed by atoms with Crippen molar-refractivity contribution >= 4 is 23.2 Å². The molecule has 0 bridgehead atoms. The number of carbonyl (C=O) groups excluding carboxylic acids is 1. The number of amides is 1. The summed E-state index contributed by atoms with van der Waals surface area (Å²) >= 11 is 6.05. The highest BCUT2D eigenvalue weighted by Gasteiger charge is 2.33. The van der Waals surface area contributed by atoms with Crippen LogP contribution in [0.2, 0.25) is 5.02 Å². The average molecular weight is 390 g/mol. The summed E-state index contributed by atoms with van der Waals surface area (Å²) in [5.41, 5.74) is 2.89. The standard InChI is InChI=1S/C21H25ClN2O3/c1-14-6-7-15(22)11-18(14)23-21(25)13-24-10-4-5-19(24)17-9-8-16(26-2)12-20(17)27-3/h6-9,11-12,19H,4-5,10,13H2,1-3H3,(H,23,25)/p+1/t19-/m1/s1. The zero-order chi connectivity index (χ0) is 19.4. The molecule has 0 spiro atoms. The molecule has 1 aliphatic heterocycles. The molecule has 2 atom stereocenters. The zero-order valence-electron chi connectivity index (χ0n) is 16.0. The number of rotatable bonds is 6. The first-order valence-electron chi connectivity index (χ1n) is 9.14. The molecular formula is C21H26ClN2O3+. The van der Waals surface area contributed by atoms with Crippen LogP contribution in [0.15, 0.2) is 36.4 Å². The van der Waals surface area contributed by atoms with E-state index in [1.807, 2.05) is 37.3 Å². The van der Waals surface area contributed by atoms with E-state index in [1.165, 1.54) is 4.90 Å². The number of halogens is 1. The highest BCUT2D eigenvalue weighted by Crippen LogP contribution is 2.31. The fraction of sp³-hybridized carbons (Fsp3) is 0.381. The molecule has 2 N–H and O–H groups in total. The average Bonchev–Trinajstić information content (AvgIpc) is 3.11. The monoisotopic (exact) mass is 389 g/mol. The number of hydrogen-bond donors (Lipinski definition) is 2. The largest absolute Gasteiger partial charge is 0.497 e. The molecule has 0 aromatic heterocycles. The quantitative estimate of drug-likeness (QED) is 0.798. The summed E-state index contributed by atoms with van der Waals surface area (Å²) in [6.07, 6.45) is 2.11. The van der Waals surface area contributed by atoms with Crippen LogP contribution in [0.1, 0.15) is 30.0 Å². The van der Waals surface area contributed by atoms with Crippen LogP contribution in [0.25, 0.3) is 0 Å². The zero-order valence-corrected chi connectivity index (χ0v) is 16.7. The SMILES string of the molecule is COc1ccc([C@H]2CCC[NH+]2CC(=O)Nc2cc(Cl)ccc2C)c(OC)c1. The minimum Gasteiger partial charge on any atom is -0.497 e. The summed E-state index contributed by atoms with van der Waals surface area (Å²) in [7, 11) is 3.31. The lowest BCUT2D eigenvalue weighted by molar-refractivity contribution is -0.910. The van der Waals surface area contributed by atoms with E-state index in [0.29, 0.717) is 11.6 Å². The van der Waals surface area contributed by atoms with Crippen molar-refractivity contribution in [2.24, 2.45) is 0 Å². The summed E-state index contributed by atoms with van der Waals surface area (Å²) in [5.74, 6) is 1.57. The van der Waals surface area contributed by atoms with Gasteiger partial charge in [0, 0.05) is 29.6 Å². The van der Waals surface area contributed by atoms with E-state index < -0.39 is 0 Å². The van der Waals surface area contributed by atoms with Gasteiger partial charge in [-0.05, 0) is 36.8 Å². The van der Waals surface area contributed by atoms with Gasteiger partial charge in [-0.3, -0.25) is 4.79 Å². The minimum atomic E-state index is -0.00487. The first-order valence-corrected chi connectivity index (χ1v) is 9.52. The molecule has 2 aromatic carbocycles. The highest BCUT2D eigenvalue weighted by molar-refractivity contribution is 6.31. The number of aryl methyl sites for hydroxylation is 1. The topological polar surface area (TPSA) is 52.0 Å². The van der Waals surface area contributed by atoms with Gasteiger partial charge in [0.15, 0.2) is 6.54 Å². The molecule has 0 saturated carbocycles. The maximum Gasteiger partial charge on any atom is 0.279 e. The molecule has 0 radical (unpaired) electrons. The van der Waals surface area contributed by atoms with Crippen LogP contribution in [0, 0.1) is 6.92 Å². The Morgan fingerprint density at radius 1 is 1.22 bits per heavy atom. The molecule has 1 aliphatic rings. The first-order chi connectivity index (χ1) is 13.0. The van der Waals surface area contributed by atoms with Gasteiger partial charge in [0.2, 0.25) is 0 Å². The number of methoxy groups -OCH3 is 2. The highest BCUT2D eigenvalue weighted by atomic mass is 35.5. The number of likely N-dealkylation sites (tertiary alicyclic amines) is 1. The molecule has 5 nitrogen and oxygen atoms in total. The van der Waals surface area contributed by atoms with Crippen molar-refractivity contribution in [3.8, 4) is 11.5 Å². The van der Waals surface area contributed by atoms with Crippen molar-refractivity contribution < 1.29 is 19.2 Å². The Labute approximate surface area is 165 Å². The van der Waals surface area contributed by atoms with Crippen molar-refractivity contribution in [2.75, 3.05) is 32.6 Å². The van der Waals surface area contributed by atoms with Crippen LogP contribution >= 0.6 is 11.6 Å². The molecular weight excluding hydrogens is 364 g/mol. The number of benzene rings is 2. The molecule has 27 heavy (non-hydrogen) atoms. The fourth-order valence-corrected chi connectivity index (χ4v) is 3.91. The number of carbonyl (C=O) groups is 1. The van der Waals surface area contributed by atoms with Gasteiger partial charge in [-0.2, -0.15) is 0 Å². The predicted molar refractivity (Wildman–Crippen MR) is 107 cm³/mol. The Morgan fingerprint density at radius 3 is 2.78 bits per heavy atom. The van der Waals surface area contributed by atoms with Crippen molar-refractivity contribution in [1.29, 1.82) is 0 Å². The van der Waals surface area contributed by atoms with Gasteiger partial charge in [0.1, 0.15) is 17.5 Å². The smallest absolute Gasteiger partial charge is 0.279 e.